The molecule has 0 radical (unpaired) electrons. The van der Waals surface area contributed by atoms with E-state index in [1.165, 1.54) is 0 Å². The molecule has 3 atom stereocenters. The molecule has 0 saturated carbocycles. The first kappa shape index (κ1) is 27.9. The van der Waals surface area contributed by atoms with Crippen molar-refractivity contribution >= 4 is 23.2 Å². The number of hydrogen-bond donors (Lipinski definition) is 3. The largest absolute Gasteiger partial charge is 0.489 e. The average molecular weight is 538 g/mol. The van der Waals surface area contributed by atoms with Crippen molar-refractivity contribution in [2.45, 2.75) is 70.6 Å². The van der Waals surface area contributed by atoms with Crippen LogP contribution in [0, 0.1) is 0 Å². The molecule has 1 aromatic carbocycles. The third-order valence-electron chi connectivity index (χ3n) is 6.69. The predicted octanol–water partition coefficient (Wildman–Crippen LogP) is 5.76. The van der Waals surface area contributed by atoms with Crippen LogP contribution in [0.1, 0.15) is 80.1 Å². The summed E-state index contributed by atoms with van der Waals surface area (Å²) < 4.78 is 7.62. The Morgan fingerprint density at radius 2 is 2.13 bits per heavy atom. The molecule has 2 aromatic heterocycles. The van der Waals surface area contributed by atoms with Crippen molar-refractivity contribution in [3.05, 3.63) is 88.4 Å². The number of carbonyl (C=O) groups is 1. The molecule has 0 aliphatic heterocycles. The number of nitrogens with one attached hydrogen (secondary N) is 1. The van der Waals surface area contributed by atoms with Crippen molar-refractivity contribution in [3.8, 4) is 5.75 Å². The first-order valence-electron chi connectivity index (χ1n) is 13.2. The molecule has 4 rings (SSSR count). The highest BCUT2D eigenvalue weighted by Gasteiger charge is 2.20. The van der Waals surface area contributed by atoms with Gasteiger partial charge in [0, 0.05) is 42.1 Å². The van der Waals surface area contributed by atoms with Gasteiger partial charge < -0.3 is 24.7 Å². The van der Waals surface area contributed by atoms with Gasteiger partial charge in [0.2, 0.25) is 0 Å². The summed E-state index contributed by atoms with van der Waals surface area (Å²) in [5, 5.41) is 23.4. The minimum Gasteiger partial charge on any atom is -0.489 e. The lowest BCUT2D eigenvalue weighted by atomic mass is 9.91. The van der Waals surface area contributed by atoms with Crippen LogP contribution >= 0.6 is 11.6 Å². The molecule has 2 unspecified atom stereocenters. The minimum atomic E-state index is -0.539. The van der Waals surface area contributed by atoms with E-state index in [0.717, 1.165) is 28.9 Å². The fourth-order valence-corrected chi connectivity index (χ4v) is 4.90. The second kappa shape index (κ2) is 12.6. The van der Waals surface area contributed by atoms with Crippen LogP contribution in [0.3, 0.4) is 0 Å². The van der Waals surface area contributed by atoms with Gasteiger partial charge in [-0.25, -0.2) is 4.98 Å². The number of amides is 1. The highest BCUT2D eigenvalue weighted by molar-refractivity contribution is 6.32. The van der Waals surface area contributed by atoms with Crippen LogP contribution in [0.25, 0.3) is 5.65 Å². The normalized spacial score (nSPS) is 16.9. The van der Waals surface area contributed by atoms with E-state index < -0.39 is 6.10 Å². The number of aromatic nitrogens is 2. The standard InChI is InChI=1S/C30H36ClN3O4/c1-4-27(36)24-6-5-14-34-18-26(33-29(24)34)21-9-7-20(8-10-21)16-23(13-15-35)32-30(37)22-11-12-28(25(31)17-22)38-19(2)3/h5-9,11-12,14,17-19,21,23,27,35-36H,4,10,13,15-16H2,1-3H3,(H,32,37)/t21?,23-,27?/m1/s1. The third-order valence-corrected chi connectivity index (χ3v) is 6.98. The van der Waals surface area contributed by atoms with Crippen LogP contribution in [0.2, 0.25) is 5.02 Å². The van der Waals surface area contributed by atoms with Gasteiger partial charge in [0.15, 0.2) is 0 Å². The van der Waals surface area contributed by atoms with E-state index in [1.807, 2.05) is 49.7 Å². The first-order valence-corrected chi connectivity index (χ1v) is 13.6. The van der Waals surface area contributed by atoms with Crippen LogP contribution in [-0.2, 0) is 0 Å². The molecule has 38 heavy (non-hydrogen) atoms. The molecule has 1 aliphatic carbocycles. The minimum absolute atomic E-state index is 0.0170. The number of imidazole rings is 1. The summed E-state index contributed by atoms with van der Waals surface area (Å²) in [6, 6.07) is 8.63. The molecule has 7 nitrogen and oxygen atoms in total. The Morgan fingerprint density at radius 1 is 1.32 bits per heavy atom. The molecule has 1 aliphatic rings. The summed E-state index contributed by atoms with van der Waals surface area (Å²) in [4.78, 5) is 17.8. The predicted molar refractivity (Wildman–Crippen MR) is 150 cm³/mol. The van der Waals surface area contributed by atoms with Crippen molar-refractivity contribution in [2.75, 3.05) is 6.61 Å². The number of fused-ring (bicyclic) bond motifs is 1. The van der Waals surface area contributed by atoms with Crippen molar-refractivity contribution < 1.29 is 19.7 Å². The van der Waals surface area contributed by atoms with E-state index in [4.69, 9.17) is 21.3 Å². The monoisotopic (exact) mass is 537 g/mol. The Morgan fingerprint density at radius 3 is 2.79 bits per heavy atom. The smallest absolute Gasteiger partial charge is 0.251 e. The van der Waals surface area contributed by atoms with E-state index in [0.29, 0.717) is 35.6 Å². The Balaban J connectivity index is 1.40. The fraction of sp³-hybridized carbons (Fsp3) is 0.400. The van der Waals surface area contributed by atoms with Gasteiger partial charge in [0.1, 0.15) is 11.4 Å². The lowest BCUT2D eigenvalue weighted by molar-refractivity contribution is 0.0930. The summed E-state index contributed by atoms with van der Waals surface area (Å²) in [6.07, 6.45) is 12.3. The van der Waals surface area contributed by atoms with Gasteiger partial charge in [-0.1, -0.05) is 48.4 Å². The van der Waals surface area contributed by atoms with Gasteiger partial charge in [0.25, 0.3) is 5.91 Å². The number of pyridine rings is 1. The molecule has 8 heteroatoms. The molecule has 0 fully saturated rings. The number of nitrogens with zero attached hydrogens (tertiary/aromatic N) is 2. The maximum atomic E-state index is 12.9. The Kier molecular flexibility index (Phi) is 9.26. The number of ether oxygens (including phenoxy) is 1. The number of hydrogen-bond acceptors (Lipinski definition) is 5. The maximum Gasteiger partial charge on any atom is 0.251 e. The second-order valence-electron chi connectivity index (χ2n) is 9.96. The van der Waals surface area contributed by atoms with Crippen LogP contribution < -0.4 is 10.1 Å². The van der Waals surface area contributed by atoms with Crippen molar-refractivity contribution in [2.24, 2.45) is 0 Å². The Hall–Kier alpha value is -3.13. The van der Waals surface area contributed by atoms with E-state index in [-0.39, 0.29) is 30.6 Å². The van der Waals surface area contributed by atoms with Gasteiger partial charge in [-0.05, 0) is 63.8 Å². The first-order chi connectivity index (χ1) is 18.3. The molecular formula is C30H36ClN3O4. The zero-order valence-corrected chi connectivity index (χ0v) is 22.9. The van der Waals surface area contributed by atoms with Gasteiger partial charge in [0.05, 0.1) is 22.9 Å². The summed E-state index contributed by atoms with van der Waals surface area (Å²) in [6.45, 7) is 5.76. The van der Waals surface area contributed by atoms with E-state index in [9.17, 15) is 15.0 Å². The SMILES string of the molecule is CCC(O)c1cccn2cc(C3C=CC(C[C@@H](CCO)NC(=O)c4ccc(OC(C)C)c(Cl)c4)=CC3)nc12. The number of rotatable bonds is 11. The van der Waals surface area contributed by atoms with Gasteiger partial charge >= 0.3 is 0 Å². The highest BCUT2D eigenvalue weighted by atomic mass is 35.5. The highest BCUT2D eigenvalue weighted by Crippen LogP contribution is 2.30. The quantitative estimate of drug-likeness (QED) is 0.289. The lowest BCUT2D eigenvalue weighted by Gasteiger charge is -2.21. The summed E-state index contributed by atoms with van der Waals surface area (Å²) in [5.74, 6) is 0.430. The van der Waals surface area contributed by atoms with E-state index >= 15 is 0 Å². The molecule has 3 aromatic rings. The molecule has 2 heterocycles. The van der Waals surface area contributed by atoms with Crippen LogP contribution in [0.15, 0.2) is 66.5 Å². The fourth-order valence-electron chi connectivity index (χ4n) is 4.67. The number of halogens is 1. The summed E-state index contributed by atoms with van der Waals surface area (Å²) >= 11 is 6.31. The van der Waals surface area contributed by atoms with Crippen LogP contribution in [0.5, 0.6) is 5.75 Å². The third kappa shape index (κ3) is 6.65. The summed E-state index contributed by atoms with van der Waals surface area (Å²) in [5.41, 5.74) is 4.12. The number of allylic oxidation sites excluding steroid dienone is 3. The van der Waals surface area contributed by atoms with Crippen molar-refractivity contribution in [1.82, 2.24) is 14.7 Å². The molecule has 0 bridgehead atoms. The maximum absolute atomic E-state index is 12.9. The Labute approximate surface area is 228 Å². The Bertz CT molecular complexity index is 1330. The number of benzene rings is 1. The second-order valence-corrected chi connectivity index (χ2v) is 10.4. The number of carbonyl (C=O) groups excluding carboxylic acids is 1. The molecule has 3 N–H and O–H groups in total. The van der Waals surface area contributed by atoms with Crippen molar-refractivity contribution in [3.63, 3.8) is 0 Å². The molecular weight excluding hydrogens is 502 g/mol. The zero-order chi connectivity index (χ0) is 27.2. The van der Waals surface area contributed by atoms with E-state index in [1.54, 1.807) is 18.2 Å². The molecule has 0 spiro atoms. The summed E-state index contributed by atoms with van der Waals surface area (Å²) in [7, 11) is 0. The molecule has 1 amide bonds. The number of aliphatic hydroxyl groups excluding tert-OH is 2. The van der Waals surface area contributed by atoms with Crippen LogP contribution in [0.4, 0.5) is 0 Å². The zero-order valence-electron chi connectivity index (χ0n) is 22.1. The lowest BCUT2D eigenvalue weighted by Crippen LogP contribution is -2.36. The van der Waals surface area contributed by atoms with Gasteiger partial charge in [-0.15, -0.1) is 0 Å². The average Bonchev–Trinajstić information content (AvgIpc) is 3.34. The molecule has 0 saturated heterocycles. The van der Waals surface area contributed by atoms with Crippen molar-refractivity contribution in [1.29, 1.82) is 0 Å². The van der Waals surface area contributed by atoms with Gasteiger partial charge in [-0.2, -0.15) is 0 Å². The van der Waals surface area contributed by atoms with E-state index in [2.05, 4.69) is 23.5 Å². The van der Waals surface area contributed by atoms with Crippen LogP contribution in [-0.4, -0.2) is 44.3 Å². The van der Waals surface area contributed by atoms with Gasteiger partial charge in [-0.3, -0.25) is 4.79 Å². The topological polar surface area (TPSA) is 96.1 Å². The number of aliphatic hydroxyl groups is 2. The molecule has 202 valence electrons.